The fourth-order valence-electron chi connectivity index (χ4n) is 2.96. The maximum absolute atomic E-state index is 12.7. The first-order valence-electron chi connectivity index (χ1n) is 8.32. The Hall–Kier alpha value is -3.41. The summed E-state index contributed by atoms with van der Waals surface area (Å²) in [7, 11) is 1.68. The number of carbonyl (C=O) groups is 1. The van der Waals surface area contributed by atoms with E-state index in [9.17, 15) is 9.59 Å². The molecule has 2 heterocycles. The first-order valence-corrected chi connectivity index (χ1v) is 8.32. The van der Waals surface area contributed by atoms with Gasteiger partial charge in [0.15, 0.2) is 0 Å². The number of benzene rings is 2. The van der Waals surface area contributed by atoms with Crippen LogP contribution in [0.25, 0.3) is 22.0 Å². The lowest BCUT2D eigenvalue weighted by Gasteiger charge is -2.17. The quantitative estimate of drug-likeness (QED) is 0.532. The summed E-state index contributed by atoms with van der Waals surface area (Å²) in [6.07, 6.45) is 1.76. The van der Waals surface area contributed by atoms with E-state index in [4.69, 9.17) is 4.42 Å². The summed E-state index contributed by atoms with van der Waals surface area (Å²) in [6, 6.07) is 16.6. The van der Waals surface area contributed by atoms with Crippen molar-refractivity contribution in [3.8, 4) is 0 Å². The third-order valence-electron chi connectivity index (χ3n) is 4.42. The van der Waals surface area contributed by atoms with Crippen LogP contribution in [0.4, 0.5) is 0 Å². The molecule has 26 heavy (non-hydrogen) atoms. The van der Waals surface area contributed by atoms with Crippen LogP contribution < -0.4 is 5.63 Å². The maximum Gasteiger partial charge on any atom is 0.349 e. The van der Waals surface area contributed by atoms with Crippen molar-refractivity contribution >= 4 is 27.9 Å². The summed E-state index contributed by atoms with van der Waals surface area (Å²) >= 11 is 0. The maximum atomic E-state index is 12.7. The standard InChI is InChI=1S/C20H17N3O3/c1-22(10-11-23-13-21-16-7-3-4-8-17(16)23)19(24)15-12-14-6-2-5-9-18(14)26-20(15)25/h2-9,12-13H,10-11H2,1H3. The fraction of sp³-hybridized carbons (Fsp3) is 0.150. The van der Waals surface area contributed by atoms with Gasteiger partial charge in [-0.3, -0.25) is 4.79 Å². The number of fused-ring (bicyclic) bond motifs is 2. The minimum atomic E-state index is -0.617. The molecule has 0 atom stereocenters. The van der Waals surface area contributed by atoms with Gasteiger partial charge in [0, 0.05) is 25.5 Å². The van der Waals surface area contributed by atoms with Gasteiger partial charge in [-0.2, -0.15) is 0 Å². The second-order valence-corrected chi connectivity index (χ2v) is 6.14. The molecule has 0 spiro atoms. The Bertz CT molecular complexity index is 1160. The van der Waals surface area contributed by atoms with Gasteiger partial charge in [-0.1, -0.05) is 30.3 Å². The van der Waals surface area contributed by atoms with Crippen LogP contribution in [0.5, 0.6) is 0 Å². The fourth-order valence-corrected chi connectivity index (χ4v) is 2.96. The van der Waals surface area contributed by atoms with Gasteiger partial charge in [-0.15, -0.1) is 0 Å². The summed E-state index contributed by atoms with van der Waals surface area (Å²) in [4.78, 5) is 30.7. The average Bonchev–Trinajstić information content (AvgIpc) is 3.08. The van der Waals surface area contributed by atoms with E-state index < -0.39 is 5.63 Å². The predicted octanol–water partition coefficient (Wildman–Crippen LogP) is 2.91. The molecule has 6 heteroatoms. The lowest BCUT2D eigenvalue weighted by atomic mass is 10.1. The molecule has 0 fully saturated rings. The second kappa shape index (κ2) is 6.48. The van der Waals surface area contributed by atoms with E-state index in [0.29, 0.717) is 18.7 Å². The number of imidazole rings is 1. The first kappa shape index (κ1) is 16.1. The third kappa shape index (κ3) is 2.86. The number of rotatable bonds is 4. The Morgan fingerprint density at radius 3 is 2.81 bits per heavy atom. The molecule has 4 rings (SSSR count). The lowest BCUT2D eigenvalue weighted by Crippen LogP contribution is -2.33. The van der Waals surface area contributed by atoms with E-state index in [2.05, 4.69) is 4.98 Å². The summed E-state index contributed by atoms with van der Waals surface area (Å²) in [6.45, 7) is 1.03. The van der Waals surface area contributed by atoms with Crippen LogP contribution in [-0.2, 0) is 6.54 Å². The van der Waals surface area contributed by atoms with E-state index in [-0.39, 0.29) is 11.5 Å². The SMILES string of the molecule is CN(CCn1cnc2ccccc21)C(=O)c1cc2ccccc2oc1=O. The molecule has 0 N–H and O–H groups in total. The molecule has 0 aliphatic rings. The van der Waals surface area contributed by atoms with Crippen molar-refractivity contribution in [1.29, 1.82) is 0 Å². The van der Waals surface area contributed by atoms with Gasteiger partial charge in [-0.25, -0.2) is 9.78 Å². The normalized spacial score (nSPS) is 11.1. The van der Waals surface area contributed by atoms with Crippen molar-refractivity contribution in [2.75, 3.05) is 13.6 Å². The summed E-state index contributed by atoms with van der Waals surface area (Å²) in [5.41, 5.74) is 1.83. The van der Waals surface area contributed by atoms with Crippen LogP contribution in [-0.4, -0.2) is 34.0 Å². The number of carbonyl (C=O) groups excluding carboxylic acids is 1. The van der Waals surface area contributed by atoms with Crippen molar-refractivity contribution in [1.82, 2.24) is 14.5 Å². The minimum absolute atomic E-state index is 0.0432. The predicted molar refractivity (Wildman–Crippen MR) is 99.2 cm³/mol. The van der Waals surface area contributed by atoms with Crippen LogP contribution in [0.3, 0.4) is 0 Å². The minimum Gasteiger partial charge on any atom is -0.422 e. The number of hydrogen-bond acceptors (Lipinski definition) is 4. The zero-order valence-corrected chi connectivity index (χ0v) is 14.3. The van der Waals surface area contributed by atoms with Crippen LogP contribution in [0, 0.1) is 0 Å². The molecule has 0 saturated heterocycles. The monoisotopic (exact) mass is 347 g/mol. The Labute approximate surface area is 149 Å². The van der Waals surface area contributed by atoms with E-state index in [1.54, 1.807) is 31.6 Å². The third-order valence-corrected chi connectivity index (χ3v) is 4.42. The molecule has 0 saturated carbocycles. The van der Waals surface area contributed by atoms with Crippen LogP contribution >= 0.6 is 0 Å². The summed E-state index contributed by atoms with van der Waals surface area (Å²) < 4.78 is 7.24. The first-order chi connectivity index (χ1) is 12.6. The van der Waals surface area contributed by atoms with Crippen LogP contribution in [0.15, 0.2) is 70.1 Å². The molecular weight excluding hydrogens is 330 g/mol. The molecule has 1 amide bonds. The highest BCUT2D eigenvalue weighted by Gasteiger charge is 2.18. The van der Waals surface area contributed by atoms with Gasteiger partial charge >= 0.3 is 5.63 Å². The highest BCUT2D eigenvalue weighted by Crippen LogP contribution is 2.14. The van der Waals surface area contributed by atoms with Gasteiger partial charge in [0.1, 0.15) is 11.1 Å². The van der Waals surface area contributed by atoms with Gasteiger partial charge in [0.25, 0.3) is 5.91 Å². The Morgan fingerprint density at radius 1 is 1.15 bits per heavy atom. The molecule has 0 unspecified atom stereocenters. The molecule has 0 aliphatic carbocycles. The molecular formula is C20H17N3O3. The highest BCUT2D eigenvalue weighted by molar-refractivity contribution is 5.96. The molecule has 130 valence electrons. The average molecular weight is 347 g/mol. The van der Waals surface area contributed by atoms with Crippen molar-refractivity contribution in [3.05, 3.63) is 76.9 Å². The molecule has 0 bridgehead atoms. The molecule has 4 aromatic rings. The number of para-hydroxylation sites is 3. The molecule has 2 aromatic heterocycles. The van der Waals surface area contributed by atoms with Crippen molar-refractivity contribution < 1.29 is 9.21 Å². The number of aromatic nitrogens is 2. The smallest absolute Gasteiger partial charge is 0.349 e. The lowest BCUT2D eigenvalue weighted by molar-refractivity contribution is 0.0786. The number of nitrogens with zero attached hydrogens (tertiary/aromatic N) is 3. The number of likely N-dealkylation sites (N-methyl/N-ethyl adjacent to an activating group) is 1. The van der Waals surface area contributed by atoms with Gasteiger partial charge in [-0.05, 0) is 24.3 Å². The molecule has 6 nitrogen and oxygen atoms in total. The van der Waals surface area contributed by atoms with Gasteiger partial charge in [0.05, 0.1) is 17.4 Å². The van der Waals surface area contributed by atoms with E-state index >= 15 is 0 Å². The summed E-state index contributed by atoms with van der Waals surface area (Å²) in [5.74, 6) is -0.353. The topological polar surface area (TPSA) is 68.3 Å². The second-order valence-electron chi connectivity index (χ2n) is 6.14. The van der Waals surface area contributed by atoms with Gasteiger partial charge < -0.3 is 13.9 Å². The molecule has 0 radical (unpaired) electrons. The molecule has 0 aliphatic heterocycles. The van der Waals surface area contributed by atoms with E-state index in [1.165, 1.54) is 4.90 Å². The zero-order valence-electron chi connectivity index (χ0n) is 14.3. The largest absolute Gasteiger partial charge is 0.422 e. The van der Waals surface area contributed by atoms with Gasteiger partial charge in [0.2, 0.25) is 0 Å². The number of amides is 1. The zero-order chi connectivity index (χ0) is 18.1. The van der Waals surface area contributed by atoms with Crippen LogP contribution in [0.1, 0.15) is 10.4 Å². The van der Waals surface area contributed by atoms with Crippen molar-refractivity contribution in [2.24, 2.45) is 0 Å². The van der Waals surface area contributed by atoms with E-state index in [1.807, 2.05) is 41.0 Å². The molecule has 2 aromatic carbocycles. The Morgan fingerprint density at radius 2 is 1.92 bits per heavy atom. The number of hydrogen-bond donors (Lipinski definition) is 0. The highest BCUT2D eigenvalue weighted by atomic mass is 16.4. The Balaban J connectivity index is 1.55. The van der Waals surface area contributed by atoms with E-state index in [0.717, 1.165) is 16.4 Å². The van der Waals surface area contributed by atoms with Crippen molar-refractivity contribution in [3.63, 3.8) is 0 Å². The Kier molecular flexibility index (Phi) is 4.01. The summed E-state index contributed by atoms with van der Waals surface area (Å²) in [5, 5.41) is 0.726. The van der Waals surface area contributed by atoms with Crippen LogP contribution in [0.2, 0.25) is 0 Å². The van der Waals surface area contributed by atoms with Crippen molar-refractivity contribution in [2.45, 2.75) is 6.54 Å².